The third-order valence-corrected chi connectivity index (χ3v) is 6.94. The van der Waals surface area contributed by atoms with Gasteiger partial charge in [-0.25, -0.2) is 4.79 Å². The number of nitrogens with one attached hydrogen (secondary N) is 1. The molecule has 0 saturated carbocycles. The number of carbonyl (C=O) groups excluding carboxylic acids is 1. The van der Waals surface area contributed by atoms with Gasteiger partial charge in [-0.2, -0.15) is 4.98 Å². The second-order valence-electron chi connectivity index (χ2n) is 9.24. The molecule has 4 aromatic rings. The number of aromatic nitrogens is 2. The molecule has 0 fully saturated rings. The summed E-state index contributed by atoms with van der Waals surface area (Å²) in [5, 5.41) is 7.44. The summed E-state index contributed by atoms with van der Waals surface area (Å²) in [6.07, 6.45) is 0.938. The molecule has 2 heterocycles. The number of benzene rings is 3. The van der Waals surface area contributed by atoms with E-state index in [1.54, 1.807) is 12.0 Å². The molecule has 1 unspecified atom stereocenters. The molecule has 1 N–H and O–H groups in total. The number of urea groups is 1. The molecule has 0 saturated heterocycles. The van der Waals surface area contributed by atoms with Gasteiger partial charge in [0.2, 0.25) is 5.82 Å². The minimum absolute atomic E-state index is 0.207. The number of allylic oxidation sites excluding steroid dienone is 1. The number of ether oxygens (including phenoxy) is 1. The number of amides is 2. The summed E-state index contributed by atoms with van der Waals surface area (Å²) in [4.78, 5) is 19.9. The third-order valence-electron chi connectivity index (χ3n) is 6.94. The van der Waals surface area contributed by atoms with E-state index in [9.17, 15) is 4.79 Å². The average Bonchev–Trinajstić information content (AvgIpc) is 3.40. The molecule has 7 heteroatoms. The third kappa shape index (κ3) is 4.60. The van der Waals surface area contributed by atoms with Crippen LogP contribution in [0, 0.1) is 13.8 Å². The van der Waals surface area contributed by atoms with Gasteiger partial charge in [0.25, 0.3) is 5.89 Å². The van der Waals surface area contributed by atoms with Crippen LogP contribution in [0.15, 0.2) is 77.0 Å². The Balaban J connectivity index is 1.64. The number of rotatable bonds is 6. The first kappa shape index (κ1) is 24.3. The number of hydrogen-bond acceptors (Lipinski definition) is 5. The second kappa shape index (κ2) is 9.93. The summed E-state index contributed by atoms with van der Waals surface area (Å²) in [6.45, 7) is 8.13. The first-order valence-electron chi connectivity index (χ1n) is 12.4. The molecule has 7 nitrogen and oxygen atoms in total. The van der Waals surface area contributed by atoms with Gasteiger partial charge in [-0.15, -0.1) is 0 Å². The Hall–Kier alpha value is -4.39. The summed E-state index contributed by atoms with van der Waals surface area (Å²) >= 11 is 0. The highest BCUT2D eigenvalue weighted by Crippen LogP contribution is 2.39. The van der Waals surface area contributed by atoms with Crippen molar-refractivity contribution in [2.45, 2.75) is 40.2 Å². The molecule has 0 radical (unpaired) electrons. The van der Waals surface area contributed by atoms with E-state index >= 15 is 0 Å². The molecule has 2 amide bonds. The van der Waals surface area contributed by atoms with Gasteiger partial charge in [-0.1, -0.05) is 54.5 Å². The number of hydrogen-bond donors (Lipinski definition) is 1. The van der Waals surface area contributed by atoms with Gasteiger partial charge in [0.05, 0.1) is 24.4 Å². The van der Waals surface area contributed by atoms with Gasteiger partial charge >= 0.3 is 6.03 Å². The van der Waals surface area contributed by atoms with Crippen LogP contribution in [0.4, 0.5) is 10.5 Å². The molecule has 1 aliphatic heterocycles. The van der Waals surface area contributed by atoms with Crippen molar-refractivity contribution in [1.82, 2.24) is 15.5 Å². The van der Waals surface area contributed by atoms with Crippen LogP contribution in [0.3, 0.4) is 0 Å². The molecular formula is C30H30N4O3. The Morgan fingerprint density at radius 3 is 2.49 bits per heavy atom. The zero-order valence-electron chi connectivity index (χ0n) is 21.7. The van der Waals surface area contributed by atoms with E-state index < -0.39 is 6.04 Å². The van der Waals surface area contributed by atoms with Crippen LogP contribution in [0.1, 0.15) is 48.0 Å². The van der Waals surface area contributed by atoms with Crippen molar-refractivity contribution in [3.63, 3.8) is 0 Å². The lowest BCUT2D eigenvalue weighted by Gasteiger charge is -2.35. The smallest absolute Gasteiger partial charge is 0.326 e. The lowest BCUT2D eigenvalue weighted by molar-refractivity contribution is 0.244. The van der Waals surface area contributed by atoms with Crippen molar-refractivity contribution < 1.29 is 14.1 Å². The summed E-state index contributed by atoms with van der Waals surface area (Å²) < 4.78 is 11.2. The van der Waals surface area contributed by atoms with E-state index in [0.29, 0.717) is 17.5 Å². The molecule has 3 aromatic carbocycles. The first-order valence-corrected chi connectivity index (χ1v) is 12.4. The highest BCUT2D eigenvalue weighted by molar-refractivity contribution is 6.01. The van der Waals surface area contributed by atoms with Gasteiger partial charge in [-0.3, -0.25) is 4.90 Å². The summed E-state index contributed by atoms with van der Waals surface area (Å²) in [6, 6.07) is 21.1. The summed E-state index contributed by atoms with van der Waals surface area (Å²) in [5.74, 6) is 1.51. The van der Waals surface area contributed by atoms with Crippen molar-refractivity contribution in [2.24, 2.45) is 0 Å². The van der Waals surface area contributed by atoms with Crippen LogP contribution in [-0.2, 0) is 6.42 Å². The Morgan fingerprint density at radius 2 is 1.78 bits per heavy atom. The molecule has 37 heavy (non-hydrogen) atoms. The molecule has 0 aliphatic carbocycles. The molecule has 188 valence electrons. The fourth-order valence-corrected chi connectivity index (χ4v) is 4.60. The number of carbonyl (C=O) groups is 1. The van der Waals surface area contributed by atoms with E-state index in [0.717, 1.165) is 45.6 Å². The lowest BCUT2D eigenvalue weighted by atomic mass is 9.93. The topological polar surface area (TPSA) is 80.5 Å². The Labute approximate surface area is 216 Å². The quantitative estimate of drug-likeness (QED) is 0.326. The predicted molar refractivity (Wildman–Crippen MR) is 144 cm³/mol. The second-order valence-corrected chi connectivity index (χ2v) is 9.24. The minimum atomic E-state index is -0.445. The van der Waals surface area contributed by atoms with Crippen molar-refractivity contribution in [3.05, 3.63) is 101 Å². The van der Waals surface area contributed by atoms with Gasteiger partial charge in [-0.05, 0) is 73.7 Å². The molecule has 0 bridgehead atoms. The van der Waals surface area contributed by atoms with E-state index in [4.69, 9.17) is 14.2 Å². The van der Waals surface area contributed by atoms with E-state index in [2.05, 4.69) is 36.5 Å². The largest absolute Gasteiger partial charge is 0.497 e. The Morgan fingerprint density at radius 1 is 1.00 bits per heavy atom. The van der Waals surface area contributed by atoms with Crippen LogP contribution >= 0.6 is 0 Å². The zero-order valence-corrected chi connectivity index (χ0v) is 21.7. The standard InChI is InChI=1S/C30H30N4O3/c1-6-21-11-13-22(14-12-21)27-26(29-32-28(33-37-29)23-8-7-9-25(17-23)36-5)20(4)34(30(35)31-27)24-15-10-18(2)19(3)16-24/h7-17,27H,6H2,1-5H3,(H,31,35). The molecule has 1 atom stereocenters. The van der Waals surface area contributed by atoms with Gasteiger partial charge in [0.15, 0.2) is 0 Å². The average molecular weight is 495 g/mol. The van der Waals surface area contributed by atoms with E-state index in [1.165, 1.54) is 5.56 Å². The fourth-order valence-electron chi connectivity index (χ4n) is 4.60. The summed E-state index contributed by atoms with van der Waals surface area (Å²) in [5.41, 5.74) is 7.49. The molecule has 1 aromatic heterocycles. The van der Waals surface area contributed by atoms with Gasteiger partial charge < -0.3 is 14.6 Å². The number of nitrogens with zero attached hydrogens (tertiary/aromatic N) is 3. The first-order chi connectivity index (χ1) is 17.9. The number of anilines is 1. The zero-order chi connectivity index (χ0) is 26.1. The van der Waals surface area contributed by atoms with Crippen LogP contribution < -0.4 is 15.0 Å². The maximum absolute atomic E-state index is 13.5. The maximum Gasteiger partial charge on any atom is 0.326 e. The Bertz CT molecular complexity index is 1490. The highest BCUT2D eigenvalue weighted by atomic mass is 16.5. The fraction of sp³-hybridized carbons (Fsp3) is 0.233. The highest BCUT2D eigenvalue weighted by Gasteiger charge is 2.36. The summed E-state index contributed by atoms with van der Waals surface area (Å²) in [7, 11) is 1.62. The SMILES string of the molecule is CCc1ccc(C2NC(=O)N(c3ccc(C)c(C)c3)C(C)=C2c2nc(-c3cccc(OC)c3)no2)cc1. The molecule has 5 rings (SSSR count). The van der Waals surface area contributed by atoms with E-state index in [-0.39, 0.29) is 6.03 Å². The van der Waals surface area contributed by atoms with Crippen LogP contribution in [-0.4, -0.2) is 23.3 Å². The van der Waals surface area contributed by atoms with Crippen molar-refractivity contribution >= 4 is 17.3 Å². The van der Waals surface area contributed by atoms with Crippen LogP contribution in [0.5, 0.6) is 5.75 Å². The lowest BCUT2D eigenvalue weighted by Crippen LogP contribution is -2.46. The molecule has 1 aliphatic rings. The number of aryl methyl sites for hydroxylation is 3. The van der Waals surface area contributed by atoms with Crippen molar-refractivity contribution in [2.75, 3.05) is 12.0 Å². The van der Waals surface area contributed by atoms with E-state index in [1.807, 2.05) is 68.4 Å². The predicted octanol–water partition coefficient (Wildman–Crippen LogP) is 6.63. The monoisotopic (exact) mass is 494 g/mol. The van der Waals surface area contributed by atoms with Gasteiger partial charge in [0, 0.05) is 11.3 Å². The molecule has 0 spiro atoms. The van der Waals surface area contributed by atoms with Gasteiger partial charge in [0.1, 0.15) is 5.75 Å². The Kier molecular flexibility index (Phi) is 6.53. The van der Waals surface area contributed by atoms with Crippen molar-refractivity contribution in [1.29, 1.82) is 0 Å². The van der Waals surface area contributed by atoms with Crippen LogP contribution in [0.2, 0.25) is 0 Å². The number of methoxy groups -OCH3 is 1. The van der Waals surface area contributed by atoms with Crippen LogP contribution in [0.25, 0.3) is 17.0 Å². The van der Waals surface area contributed by atoms with Crippen molar-refractivity contribution in [3.8, 4) is 17.1 Å². The maximum atomic E-state index is 13.5. The molecular weight excluding hydrogens is 464 g/mol. The normalized spacial score (nSPS) is 15.6. The minimum Gasteiger partial charge on any atom is -0.497 e.